The maximum absolute atomic E-state index is 9.94. The van der Waals surface area contributed by atoms with E-state index in [1.807, 2.05) is 12.1 Å². The summed E-state index contributed by atoms with van der Waals surface area (Å²) in [5, 5.41) is 9.94. The van der Waals surface area contributed by atoms with Gasteiger partial charge in [-0.15, -0.1) is 0 Å². The Balaban J connectivity index is 1.77. The maximum Gasteiger partial charge on any atom is 0.172 e. The number of quaternary nitrogens is 1. The Kier molecular flexibility index (Phi) is 4.75. The lowest BCUT2D eigenvalue weighted by atomic mass is 9.78. The van der Waals surface area contributed by atoms with E-state index in [2.05, 4.69) is 15.9 Å². The largest absolute Gasteiger partial charge is 0.503 e. The Labute approximate surface area is 135 Å². The first-order valence-corrected chi connectivity index (χ1v) is 8.88. The third-order valence-corrected chi connectivity index (χ3v) is 5.85. The summed E-state index contributed by atoms with van der Waals surface area (Å²) in [6, 6.07) is 4.86. The Morgan fingerprint density at radius 1 is 1.24 bits per heavy atom. The average Bonchev–Trinajstić information content (AvgIpc) is 2.51. The van der Waals surface area contributed by atoms with Crippen molar-refractivity contribution in [1.29, 1.82) is 0 Å². The summed E-state index contributed by atoms with van der Waals surface area (Å²) < 4.78 is 6.00. The smallest absolute Gasteiger partial charge is 0.172 e. The number of hydrogen-bond donors (Lipinski definition) is 2. The Hall–Kier alpha value is -0.740. The number of aromatic hydroxyl groups is 1. The Morgan fingerprint density at radius 2 is 2.00 bits per heavy atom. The number of halogens is 1. The zero-order valence-electron chi connectivity index (χ0n) is 12.7. The van der Waals surface area contributed by atoms with Crippen molar-refractivity contribution >= 4 is 15.9 Å². The van der Waals surface area contributed by atoms with Gasteiger partial charge in [-0.2, -0.15) is 0 Å². The Bertz CT molecular complexity index is 504. The number of rotatable bonds is 3. The van der Waals surface area contributed by atoms with E-state index >= 15 is 0 Å². The first kappa shape index (κ1) is 15.2. The van der Waals surface area contributed by atoms with Gasteiger partial charge in [0.25, 0.3) is 0 Å². The van der Waals surface area contributed by atoms with Crippen LogP contribution in [0.4, 0.5) is 0 Å². The van der Waals surface area contributed by atoms with Crippen LogP contribution in [0.5, 0.6) is 11.5 Å². The van der Waals surface area contributed by atoms with Gasteiger partial charge in [0.05, 0.1) is 24.2 Å². The van der Waals surface area contributed by atoms with Crippen LogP contribution in [0.15, 0.2) is 16.6 Å². The van der Waals surface area contributed by atoms with Gasteiger partial charge in [0.15, 0.2) is 11.5 Å². The molecule has 3 rings (SSSR count). The van der Waals surface area contributed by atoms with E-state index in [9.17, 15) is 5.11 Å². The predicted molar refractivity (Wildman–Crippen MR) is 86.9 cm³/mol. The first-order valence-electron chi connectivity index (χ1n) is 8.09. The molecule has 0 bridgehead atoms. The average molecular weight is 355 g/mol. The van der Waals surface area contributed by atoms with E-state index in [1.54, 1.807) is 12.0 Å². The number of piperidine rings is 1. The van der Waals surface area contributed by atoms with Crippen molar-refractivity contribution in [3.05, 3.63) is 22.2 Å². The number of ether oxygens (including phenoxy) is 1. The minimum atomic E-state index is 0.199. The van der Waals surface area contributed by atoms with E-state index in [1.165, 1.54) is 50.6 Å². The van der Waals surface area contributed by atoms with E-state index < -0.39 is 0 Å². The number of fused-ring (bicyclic) bond motifs is 1. The summed E-state index contributed by atoms with van der Waals surface area (Å²) >= 11 is 3.43. The van der Waals surface area contributed by atoms with Crippen LogP contribution in [-0.2, 0) is 6.54 Å². The van der Waals surface area contributed by atoms with Gasteiger partial charge in [0.1, 0.15) is 6.54 Å². The highest BCUT2D eigenvalue weighted by Crippen LogP contribution is 2.35. The highest BCUT2D eigenvalue weighted by atomic mass is 79.9. The summed E-state index contributed by atoms with van der Waals surface area (Å²) in [6.45, 7) is 2.32. The molecule has 3 nitrogen and oxygen atoms in total. The summed E-state index contributed by atoms with van der Waals surface area (Å²) in [5.41, 5.74) is 1.25. The molecule has 2 fully saturated rings. The van der Waals surface area contributed by atoms with Crippen LogP contribution in [0.3, 0.4) is 0 Å². The molecule has 116 valence electrons. The predicted octanol–water partition coefficient (Wildman–Crippen LogP) is 2.90. The van der Waals surface area contributed by atoms with Crippen molar-refractivity contribution in [1.82, 2.24) is 0 Å². The quantitative estimate of drug-likeness (QED) is 0.874. The van der Waals surface area contributed by atoms with E-state index in [4.69, 9.17) is 4.74 Å². The summed E-state index contributed by atoms with van der Waals surface area (Å²) in [5.74, 6) is 1.70. The molecule has 2 aliphatic rings. The molecule has 21 heavy (non-hydrogen) atoms. The molecule has 3 atom stereocenters. The van der Waals surface area contributed by atoms with Crippen LogP contribution in [0.1, 0.15) is 44.1 Å². The lowest BCUT2D eigenvalue weighted by Crippen LogP contribution is -3.16. The second-order valence-electron chi connectivity index (χ2n) is 6.51. The monoisotopic (exact) mass is 354 g/mol. The van der Waals surface area contributed by atoms with Gasteiger partial charge in [0, 0.05) is 11.5 Å². The van der Waals surface area contributed by atoms with Gasteiger partial charge in [-0.1, -0.05) is 6.42 Å². The summed E-state index contributed by atoms with van der Waals surface area (Å²) in [6.07, 6.45) is 8.41. The molecule has 1 aromatic rings. The van der Waals surface area contributed by atoms with Crippen molar-refractivity contribution in [2.24, 2.45) is 5.92 Å². The van der Waals surface area contributed by atoms with Gasteiger partial charge in [0.2, 0.25) is 0 Å². The van der Waals surface area contributed by atoms with Crippen LogP contribution < -0.4 is 9.64 Å². The van der Waals surface area contributed by atoms with Crippen molar-refractivity contribution in [3.63, 3.8) is 0 Å². The molecular formula is C17H25BrNO2+. The molecule has 0 aromatic heterocycles. The molecule has 1 heterocycles. The fraction of sp³-hybridized carbons (Fsp3) is 0.647. The minimum Gasteiger partial charge on any atom is -0.503 e. The highest BCUT2D eigenvalue weighted by Gasteiger charge is 2.36. The van der Waals surface area contributed by atoms with Crippen molar-refractivity contribution < 1.29 is 14.7 Å². The van der Waals surface area contributed by atoms with Crippen molar-refractivity contribution in [2.45, 2.75) is 51.1 Å². The molecule has 1 saturated heterocycles. The zero-order chi connectivity index (χ0) is 14.8. The molecule has 1 aliphatic carbocycles. The fourth-order valence-electron chi connectivity index (χ4n) is 4.23. The second kappa shape index (κ2) is 6.57. The molecule has 0 radical (unpaired) electrons. The Morgan fingerprint density at radius 3 is 2.81 bits per heavy atom. The molecule has 4 heteroatoms. The van der Waals surface area contributed by atoms with Crippen LogP contribution in [-0.4, -0.2) is 24.8 Å². The summed E-state index contributed by atoms with van der Waals surface area (Å²) in [4.78, 5) is 1.73. The van der Waals surface area contributed by atoms with Crippen LogP contribution in [0.25, 0.3) is 0 Å². The molecule has 0 amide bonds. The van der Waals surface area contributed by atoms with Crippen LogP contribution >= 0.6 is 15.9 Å². The van der Waals surface area contributed by atoms with Crippen molar-refractivity contribution in [3.8, 4) is 11.5 Å². The molecule has 1 aromatic carbocycles. The number of likely N-dealkylation sites (tertiary alicyclic amines) is 1. The number of hydrogen-bond acceptors (Lipinski definition) is 2. The number of benzene rings is 1. The van der Waals surface area contributed by atoms with Gasteiger partial charge in [-0.3, -0.25) is 0 Å². The molecule has 0 spiro atoms. The molecule has 2 N–H and O–H groups in total. The second-order valence-corrected chi connectivity index (χ2v) is 7.36. The zero-order valence-corrected chi connectivity index (χ0v) is 14.3. The maximum atomic E-state index is 9.94. The molecule has 1 aliphatic heterocycles. The van der Waals surface area contributed by atoms with E-state index in [-0.39, 0.29) is 5.75 Å². The lowest BCUT2D eigenvalue weighted by molar-refractivity contribution is -0.949. The molecule has 1 saturated carbocycles. The van der Waals surface area contributed by atoms with Gasteiger partial charge in [-0.25, -0.2) is 0 Å². The molecular weight excluding hydrogens is 330 g/mol. The standard InChI is InChI=1S/C17H24BrNO2/c1-21-16-10-12(9-14(18)17(16)20)11-19-8-4-6-13-5-2-3-7-15(13)19/h9-10,13,15,20H,2-8,11H2,1H3/p+1/t13-,15-/m0/s1. The SMILES string of the molecule is COc1cc(C[NH+]2CCC[C@@H]3CCCC[C@@H]32)cc(Br)c1O. The normalized spacial score (nSPS) is 29.0. The topological polar surface area (TPSA) is 33.9 Å². The third kappa shape index (κ3) is 3.21. The minimum absolute atomic E-state index is 0.199. The van der Waals surface area contributed by atoms with Gasteiger partial charge >= 0.3 is 0 Å². The molecule has 1 unspecified atom stereocenters. The van der Waals surface area contributed by atoms with Crippen LogP contribution in [0, 0.1) is 5.92 Å². The van der Waals surface area contributed by atoms with E-state index in [0.29, 0.717) is 5.75 Å². The van der Waals surface area contributed by atoms with Gasteiger partial charge < -0.3 is 14.7 Å². The van der Waals surface area contributed by atoms with Crippen LogP contribution in [0.2, 0.25) is 0 Å². The third-order valence-electron chi connectivity index (χ3n) is 5.25. The first-order chi connectivity index (χ1) is 10.2. The number of nitrogens with one attached hydrogen (secondary N) is 1. The number of phenols is 1. The summed E-state index contributed by atoms with van der Waals surface area (Å²) in [7, 11) is 1.61. The van der Waals surface area contributed by atoms with E-state index in [0.717, 1.165) is 23.0 Å². The number of methoxy groups -OCH3 is 1. The van der Waals surface area contributed by atoms with Crippen molar-refractivity contribution in [2.75, 3.05) is 13.7 Å². The highest BCUT2D eigenvalue weighted by molar-refractivity contribution is 9.10. The lowest BCUT2D eigenvalue weighted by Gasteiger charge is -2.41. The van der Waals surface area contributed by atoms with Gasteiger partial charge in [-0.05, 0) is 60.2 Å². The number of phenolic OH excluding ortho intramolecular Hbond substituents is 1. The fourth-order valence-corrected chi connectivity index (χ4v) is 4.72.